The Bertz CT molecular complexity index is 3190. The number of benzene rings is 9. The quantitative estimate of drug-likeness (QED) is 0.155. The highest BCUT2D eigenvalue weighted by Gasteiger charge is 2.49. The fourth-order valence-electron chi connectivity index (χ4n) is 11.3. The Morgan fingerprint density at radius 2 is 0.723 bits per heavy atom. The molecule has 0 radical (unpaired) electrons. The first-order chi connectivity index (χ1) is 31.5. The third-order valence-electron chi connectivity index (χ3n) is 14.4. The van der Waals surface area contributed by atoms with E-state index in [1.165, 1.54) is 77.9 Å². The number of para-hydroxylation sites is 1. The van der Waals surface area contributed by atoms with E-state index in [-0.39, 0.29) is 10.8 Å². The van der Waals surface area contributed by atoms with Crippen LogP contribution in [0.4, 0.5) is 17.1 Å². The van der Waals surface area contributed by atoms with Crippen LogP contribution < -0.4 is 4.90 Å². The Balaban J connectivity index is 1.19. The van der Waals surface area contributed by atoms with E-state index >= 15 is 0 Å². The zero-order valence-electron chi connectivity index (χ0n) is 38.3. The van der Waals surface area contributed by atoms with Gasteiger partial charge in [-0.05, 0) is 113 Å². The van der Waals surface area contributed by atoms with Crippen molar-refractivity contribution in [1.29, 1.82) is 0 Å². The van der Waals surface area contributed by atoms with Gasteiger partial charge in [0.2, 0.25) is 0 Å². The van der Waals surface area contributed by atoms with Crippen molar-refractivity contribution in [2.45, 2.75) is 63.2 Å². The molecule has 11 rings (SSSR count). The Morgan fingerprint density at radius 3 is 1.26 bits per heavy atom. The third-order valence-corrected chi connectivity index (χ3v) is 14.4. The topological polar surface area (TPSA) is 3.24 Å². The lowest BCUT2D eigenvalue weighted by Crippen LogP contribution is -2.29. The number of anilines is 3. The molecule has 65 heavy (non-hydrogen) atoms. The van der Waals surface area contributed by atoms with Crippen LogP contribution in [-0.4, -0.2) is 0 Å². The number of nitrogens with zero attached hydrogens (tertiary/aromatic N) is 1. The van der Waals surface area contributed by atoms with E-state index in [4.69, 9.17) is 0 Å². The third kappa shape index (κ3) is 6.20. The summed E-state index contributed by atoms with van der Waals surface area (Å²) >= 11 is 0. The molecule has 1 nitrogen and oxygen atoms in total. The van der Waals surface area contributed by atoms with Gasteiger partial charge in [-0.2, -0.15) is 0 Å². The molecule has 0 aromatic heterocycles. The van der Waals surface area contributed by atoms with E-state index in [1.807, 2.05) is 0 Å². The lowest BCUT2D eigenvalue weighted by Gasteiger charge is -2.36. The maximum Gasteiger partial charge on any atom is 0.0714 e. The van der Waals surface area contributed by atoms with Gasteiger partial charge < -0.3 is 4.90 Å². The van der Waals surface area contributed by atoms with Crippen molar-refractivity contribution < 1.29 is 0 Å². The van der Waals surface area contributed by atoms with Crippen LogP contribution in [0, 0.1) is 0 Å². The standard InChI is InChI=1S/C64H55N/c1-61(2,3)44-33-37-48(38-34-44)63(46-21-10-7-11-22-46)56-30-19-17-28-54(56)60-57(63)31-20-32-59(60)65(50-25-14-9-15-26-50)51-41-42-53-52-27-16-18-29-55(52)64(58(53)43-51,47-23-12-8-13-24-47)49-39-35-45(36-40-49)62(4,5)6/h7-43H,1-6H3. The van der Waals surface area contributed by atoms with Gasteiger partial charge in [0.25, 0.3) is 0 Å². The van der Waals surface area contributed by atoms with Crippen molar-refractivity contribution in [3.05, 3.63) is 280 Å². The average Bonchev–Trinajstić information content (AvgIpc) is 3.81. The first-order valence-corrected chi connectivity index (χ1v) is 23.2. The van der Waals surface area contributed by atoms with E-state index in [2.05, 4.69) is 271 Å². The normalized spacial score (nSPS) is 17.2. The second kappa shape index (κ2) is 15.2. The van der Waals surface area contributed by atoms with E-state index in [1.54, 1.807) is 0 Å². The van der Waals surface area contributed by atoms with Crippen molar-refractivity contribution in [1.82, 2.24) is 0 Å². The predicted octanol–water partition coefficient (Wildman–Crippen LogP) is 16.5. The highest BCUT2D eigenvalue weighted by Crippen LogP contribution is 2.61. The van der Waals surface area contributed by atoms with Crippen LogP contribution in [0.25, 0.3) is 22.3 Å². The van der Waals surface area contributed by atoms with Crippen molar-refractivity contribution in [2.24, 2.45) is 0 Å². The van der Waals surface area contributed by atoms with Gasteiger partial charge in [0.15, 0.2) is 0 Å². The molecule has 0 spiro atoms. The fraction of sp³-hybridized carbons (Fsp3) is 0.156. The molecule has 0 fully saturated rings. The summed E-state index contributed by atoms with van der Waals surface area (Å²) in [5, 5.41) is 0. The molecule has 0 aliphatic heterocycles. The van der Waals surface area contributed by atoms with Gasteiger partial charge in [0, 0.05) is 16.9 Å². The van der Waals surface area contributed by atoms with E-state index in [0.717, 1.165) is 17.1 Å². The molecule has 316 valence electrons. The molecule has 9 aromatic carbocycles. The SMILES string of the molecule is CC(C)(C)c1ccc(C2(c3ccccc3)c3ccccc3-c3ccc(N(c4ccccc4)c4cccc5c4-c4ccccc4C5(c4ccccc4)c4ccc(C(C)(C)C)cc4)cc32)cc1. The summed E-state index contributed by atoms with van der Waals surface area (Å²) in [7, 11) is 0. The molecule has 0 heterocycles. The summed E-state index contributed by atoms with van der Waals surface area (Å²) in [5.74, 6) is 0. The average molecular weight is 838 g/mol. The summed E-state index contributed by atoms with van der Waals surface area (Å²) in [5.41, 5.74) is 20.4. The summed E-state index contributed by atoms with van der Waals surface area (Å²) in [6.07, 6.45) is 0. The Kier molecular flexibility index (Phi) is 9.49. The van der Waals surface area contributed by atoms with Crippen LogP contribution in [0.2, 0.25) is 0 Å². The van der Waals surface area contributed by atoms with E-state index in [0.29, 0.717) is 0 Å². The predicted molar refractivity (Wildman–Crippen MR) is 273 cm³/mol. The second-order valence-corrected chi connectivity index (χ2v) is 20.1. The Hall–Kier alpha value is -7.22. The van der Waals surface area contributed by atoms with E-state index in [9.17, 15) is 0 Å². The van der Waals surface area contributed by atoms with Crippen LogP contribution in [-0.2, 0) is 21.7 Å². The Morgan fingerprint density at radius 1 is 0.308 bits per heavy atom. The molecule has 0 bridgehead atoms. The number of fused-ring (bicyclic) bond motifs is 6. The zero-order chi connectivity index (χ0) is 44.6. The maximum atomic E-state index is 2.51. The van der Waals surface area contributed by atoms with Gasteiger partial charge in [-0.25, -0.2) is 0 Å². The smallest absolute Gasteiger partial charge is 0.0714 e. The maximum absolute atomic E-state index is 2.51. The van der Waals surface area contributed by atoms with Gasteiger partial charge in [0.05, 0.1) is 16.5 Å². The minimum Gasteiger partial charge on any atom is -0.310 e. The summed E-state index contributed by atoms with van der Waals surface area (Å²) in [6.45, 7) is 13.8. The summed E-state index contributed by atoms with van der Waals surface area (Å²) in [6, 6.07) is 84.7. The minimum atomic E-state index is -0.547. The van der Waals surface area contributed by atoms with Gasteiger partial charge >= 0.3 is 0 Å². The van der Waals surface area contributed by atoms with Gasteiger partial charge in [-0.1, -0.05) is 236 Å². The van der Waals surface area contributed by atoms with Gasteiger partial charge in [0.1, 0.15) is 0 Å². The van der Waals surface area contributed by atoms with Gasteiger partial charge in [-0.15, -0.1) is 0 Å². The molecule has 2 aliphatic carbocycles. The van der Waals surface area contributed by atoms with Crippen LogP contribution >= 0.6 is 0 Å². The Labute approximate surface area is 385 Å². The molecule has 0 saturated carbocycles. The lowest BCUT2D eigenvalue weighted by atomic mass is 9.67. The fourth-order valence-corrected chi connectivity index (χ4v) is 11.3. The molecule has 2 atom stereocenters. The van der Waals surface area contributed by atoms with Crippen molar-refractivity contribution in [3.63, 3.8) is 0 Å². The highest BCUT2D eigenvalue weighted by molar-refractivity contribution is 5.98. The molecule has 9 aromatic rings. The highest BCUT2D eigenvalue weighted by atomic mass is 15.1. The first kappa shape index (κ1) is 40.5. The van der Waals surface area contributed by atoms with Crippen LogP contribution in [0.3, 0.4) is 0 Å². The van der Waals surface area contributed by atoms with Crippen molar-refractivity contribution in [2.75, 3.05) is 4.90 Å². The lowest BCUT2D eigenvalue weighted by molar-refractivity contribution is 0.589. The molecule has 1 heteroatoms. The molecule has 0 saturated heterocycles. The second-order valence-electron chi connectivity index (χ2n) is 20.1. The number of hydrogen-bond donors (Lipinski definition) is 0. The largest absolute Gasteiger partial charge is 0.310 e. The van der Waals surface area contributed by atoms with Crippen molar-refractivity contribution >= 4 is 17.1 Å². The molecular formula is C64H55N. The monoisotopic (exact) mass is 837 g/mol. The van der Waals surface area contributed by atoms with E-state index < -0.39 is 10.8 Å². The molecular weight excluding hydrogens is 783 g/mol. The minimum absolute atomic E-state index is 0.0375. The number of rotatable bonds is 7. The molecule has 0 N–H and O–H groups in total. The summed E-state index contributed by atoms with van der Waals surface area (Å²) in [4.78, 5) is 2.51. The molecule has 2 aliphatic rings. The van der Waals surface area contributed by atoms with Crippen LogP contribution in [0.5, 0.6) is 0 Å². The van der Waals surface area contributed by atoms with Gasteiger partial charge in [-0.3, -0.25) is 0 Å². The zero-order valence-corrected chi connectivity index (χ0v) is 38.3. The van der Waals surface area contributed by atoms with Crippen molar-refractivity contribution in [3.8, 4) is 22.3 Å². The summed E-state index contributed by atoms with van der Waals surface area (Å²) < 4.78 is 0. The van der Waals surface area contributed by atoms with Crippen LogP contribution in [0.1, 0.15) is 97.2 Å². The molecule has 2 unspecified atom stereocenters. The number of hydrogen-bond acceptors (Lipinski definition) is 1. The first-order valence-electron chi connectivity index (χ1n) is 23.2. The van der Waals surface area contributed by atoms with Crippen LogP contribution in [0.15, 0.2) is 224 Å². The molecule has 0 amide bonds.